The highest BCUT2D eigenvalue weighted by molar-refractivity contribution is 5.77. The molecule has 1 heterocycles. The highest BCUT2D eigenvalue weighted by Gasteiger charge is 2.17. The molecule has 0 bridgehead atoms. The molecule has 100 valence electrons. The van der Waals surface area contributed by atoms with Gasteiger partial charge in [0.1, 0.15) is 11.6 Å². The van der Waals surface area contributed by atoms with Gasteiger partial charge >= 0.3 is 5.97 Å². The van der Waals surface area contributed by atoms with Crippen molar-refractivity contribution in [3.8, 4) is 17.0 Å². The van der Waals surface area contributed by atoms with Crippen LogP contribution in [-0.2, 0) is 18.3 Å². The monoisotopic (exact) mass is 264 g/mol. The van der Waals surface area contributed by atoms with Crippen LogP contribution in [0, 0.1) is 5.82 Å². The molecule has 0 fully saturated rings. The van der Waals surface area contributed by atoms with Crippen LogP contribution < -0.4 is 4.74 Å². The van der Waals surface area contributed by atoms with Gasteiger partial charge in [-0.2, -0.15) is 5.10 Å². The molecule has 0 aliphatic carbocycles. The molecule has 2 aromatic rings. The van der Waals surface area contributed by atoms with E-state index in [9.17, 15) is 9.18 Å². The van der Waals surface area contributed by atoms with Gasteiger partial charge in [0.2, 0.25) is 0 Å². The van der Waals surface area contributed by atoms with Crippen molar-refractivity contribution in [2.24, 2.45) is 7.05 Å². The fraction of sp³-hybridized carbons (Fsp3) is 0.231. The summed E-state index contributed by atoms with van der Waals surface area (Å²) in [6, 6.07) is 4.05. The lowest BCUT2D eigenvalue weighted by Crippen LogP contribution is -2.01. The van der Waals surface area contributed by atoms with E-state index in [4.69, 9.17) is 9.84 Å². The molecule has 0 unspecified atom stereocenters. The maximum atomic E-state index is 13.4. The Balaban J connectivity index is 2.57. The molecule has 1 aromatic carbocycles. The molecule has 0 aliphatic heterocycles. The topological polar surface area (TPSA) is 64.4 Å². The molecule has 0 aliphatic rings. The van der Waals surface area contributed by atoms with Gasteiger partial charge in [0.15, 0.2) is 0 Å². The maximum absolute atomic E-state index is 13.4. The quantitative estimate of drug-likeness (QED) is 0.915. The average Bonchev–Trinajstić information content (AvgIpc) is 2.69. The van der Waals surface area contributed by atoms with Crippen LogP contribution in [0.2, 0.25) is 0 Å². The molecule has 1 aromatic heterocycles. The van der Waals surface area contributed by atoms with Crippen molar-refractivity contribution < 1.29 is 19.0 Å². The number of rotatable bonds is 4. The van der Waals surface area contributed by atoms with E-state index in [1.807, 2.05) is 0 Å². The molecule has 0 spiro atoms. The lowest BCUT2D eigenvalue weighted by Gasteiger charge is -2.07. The zero-order valence-corrected chi connectivity index (χ0v) is 10.6. The van der Waals surface area contributed by atoms with Gasteiger partial charge in [0.05, 0.1) is 19.2 Å². The molecule has 0 saturated carbocycles. The van der Waals surface area contributed by atoms with E-state index in [1.165, 1.54) is 30.0 Å². The Morgan fingerprint density at radius 3 is 2.89 bits per heavy atom. The first-order valence-corrected chi connectivity index (χ1v) is 5.59. The number of carboxylic acids is 1. The van der Waals surface area contributed by atoms with Crippen LogP contribution in [0.5, 0.6) is 5.75 Å². The molecule has 6 heteroatoms. The van der Waals surface area contributed by atoms with Crippen LogP contribution in [0.1, 0.15) is 5.56 Å². The number of hydrogen-bond acceptors (Lipinski definition) is 3. The Bertz CT molecular complexity index is 622. The molecule has 0 saturated heterocycles. The van der Waals surface area contributed by atoms with E-state index >= 15 is 0 Å². The summed E-state index contributed by atoms with van der Waals surface area (Å²) in [6.45, 7) is 0. The van der Waals surface area contributed by atoms with E-state index in [1.54, 1.807) is 13.2 Å². The second kappa shape index (κ2) is 5.09. The van der Waals surface area contributed by atoms with Crippen molar-refractivity contribution >= 4 is 5.97 Å². The summed E-state index contributed by atoms with van der Waals surface area (Å²) in [5.41, 5.74) is 1.37. The number of halogens is 1. The van der Waals surface area contributed by atoms with Crippen LogP contribution in [0.25, 0.3) is 11.3 Å². The fourth-order valence-corrected chi connectivity index (χ4v) is 1.92. The minimum Gasteiger partial charge on any atom is -0.496 e. The van der Waals surface area contributed by atoms with Gasteiger partial charge in [0, 0.05) is 24.4 Å². The largest absolute Gasteiger partial charge is 0.496 e. The fourth-order valence-electron chi connectivity index (χ4n) is 1.92. The van der Waals surface area contributed by atoms with Gasteiger partial charge in [0.25, 0.3) is 0 Å². The molecule has 0 atom stereocenters. The van der Waals surface area contributed by atoms with E-state index in [0.717, 1.165) is 0 Å². The van der Waals surface area contributed by atoms with E-state index in [-0.39, 0.29) is 6.42 Å². The highest BCUT2D eigenvalue weighted by atomic mass is 19.1. The summed E-state index contributed by atoms with van der Waals surface area (Å²) >= 11 is 0. The van der Waals surface area contributed by atoms with Crippen molar-refractivity contribution in [3.05, 3.63) is 35.8 Å². The summed E-state index contributed by atoms with van der Waals surface area (Å²) in [6.07, 6.45) is 1.43. The van der Waals surface area contributed by atoms with Gasteiger partial charge in [-0.3, -0.25) is 9.48 Å². The molecule has 0 amide bonds. The van der Waals surface area contributed by atoms with Gasteiger partial charge in [-0.1, -0.05) is 0 Å². The third-order valence-electron chi connectivity index (χ3n) is 2.66. The van der Waals surface area contributed by atoms with Crippen LogP contribution >= 0.6 is 0 Å². The highest BCUT2D eigenvalue weighted by Crippen LogP contribution is 2.32. The molecule has 19 heavy (non-hydrogen) atoms. The van der Waals surface area contributed by atoms with Crippen molar-refractivity contribution in [3.63, 3.8) is 0 Å². The average molecular weight is 264 g/mol. The molecule has 1 N–H and O–H groups in total. The number of ether oxygens (including phenoxy) is 1. The second-order valence-electron chi connectivity index (χ2n) is 4.09. The van der Waals surface area contributed by atoms with Gasteiger partial charge in [-0.05, 0) is 18.2 Å². The summed E-state index contributed by atoms with van der Waals surface area (Å²) in [4.78, 5) is 10.8. The minimum absolute atomic E-state index is 0.178. The number of methoxy groups -OCH3 is 1. The Morgan fingerprint density at radius 2 is 2.26 bits per heavy atom. The summed E-state index contributed by atoms with van der Waals surface area (Å²) < 4.78 is 20.0. The van der Waals surface area contributed by atoms with Crippen molar-refractivity contribution in [2.75, 3.05) is 7.11 Å². The van der Waals surface area contributed by atoms with Gasteiger partial charge in [-0.25, -0.2) is 4.39 Å². The summed E-state index contributed by atoms with van der Waals surface area (Å²) in [7, 11) is 3.15. The third kappa shape index (κ3) is 2.73. The van der Waals surface area contributed by atoms with Crippen molar-refractivity contribution in [2.45, 2.75) is 6.42 Å². The number of aryl methyl sites for hydroxylation is 1. The Hall–Kier alpha value is -2.37. The normalized spacial score (nSPS) is 10.5. The smallest absolute Gasteiger partial charge is 0.307 e. The zero-order valence-electron chi connectivity index (χ0n) is 10.6. The summed E-state index contributed by atoms with van der Waals surface area (Å²) in [5, 5.41) is 13.1. The van der Waals surface area contributed by atoms with Crippen molar-refractivity contribution in [1.29, 1.82) is 0 Å². The van der Waals surface area contributed by atoms with Gasteiger partial charge in [-0.15, -0.1) is 0 Å². The first-order chi connectivity index (χ1) is 9.01. The molecule has 0 radical (unpaired) electrons. The minimum atomic E-state index is -0.968. The van der Waals surface area contributed by atoms with Crippen LogP contribution in [0.4, 0.5) is 4.39 Å². The number of benzene rings is 1. The molecular weight excluding hydrogens is 251 g/mol. The van der Waals surface area contributed by atoms with Crippen molar-refractivity contribution in [1.82, 2.24) is 9.78 Å². The number of aliphatic carboxylic acids is 1. The number of carbonyl (C=O) groups is 1. The summed E-state index contributed by atoms with van der Waals surface area (Å²) in [5.74, 6) is -0.945. The molecule has 5 nitrogen and oxygen atoms in total. The van der Waals surface area contributed by atoms with Crippen LogP contribution in [0.3, 0.4) is 0 Å². The third-order valence-corrected chi connectivity index (χ3v) is 2.66. The maximum Gasteiger partial charge on any atom is 0.307 e. The second-order valence-corrected chi connectivity index (χ2v) is 4.09. The number of hydrogen-bond donors (Lipinski definition) is 1. The molecule has 2 rings (SSSR count). The Morgan fingerprint density at radius 1 is 1.53 bits per heavy atom. The standard InChI is InChI=1S/C13H13FN2O3/c1-16-7-8(5-12(17)18)13(15-16)10-6-9(14)3-4-11(10)19-2/h3-4,6-7H,5H2,1-2H3,(H,17,18). The zero-order chi connectivity index (χ0) is 14.0. The van der Waals surface area contributed by atoms with E-state index in [0.29, 0.717) is 22.6 Å². The number of aromatic nitrogens is 2. The van der Waals surface area contributed by atoms with E-state index in [2.05, 4.69) is 5.10 Å². The predicted octanol–water partition coefficient (Wildman–Crippen LogP) is 1.86. The number of carboxylic acid groups (broad SMARTS) is 1. The van der Waals surface area contributed by atoms with Gasteiger partial charge < -0.3 is 9.84 Å². The van der Waals surface area contributed by atoms with Crippen LogP contribution in [0.15, 0.2) is 24.4 Å². The Kier molecular flexibility index (Phi) is 3.50. The van der Waals surface area contributed by atoms with E-state index < -0.39 is 11.8 Å². The predicted molar refractivity (Wildman–Crippen MR) is 66.5 cm³/mol. The lowest BCUT2D eigenvalue weighted by atomic mass is 10.0. The SMILES string of the molecule is COc1ccc(F)cc1-c1nn(C)cc1CC(=O)O. The molecular formula is C13H13FN2O3. The first-order valence-electron chi connectivity index (χ1n) is 5.59. The number of nitrogens with zero attached hydrogens (tertiary/aromatic N) is 2. The van der Waals surface area contributed by atoms with Crippen LogP contribution in [-0.4, -0.2) is 28.0 Å². The lowest BCUT2D eigenvalue weighted by molar-refractivity contribution is -0.136. The first kappa shape index (κ1) is 13.1. The Labute approximate surface area is 109 Å².